The highest BCUT2D eigenvalue weighted by molar-refractivity contribution is 5.84. The van der Waals surface area contributed by atoms with Crippen LogP contribution < -0.4 is 0 Å². The first-order chi connectivity index (χ1) is 13.7. The average Bonchev–Trinajstić information content (AvgIpc) is 2.64. The number of rotatable bonds is 12. The molecule has 0 rings (SSSR count). The Bertz CT molecular complexity index is 560. The number of hydrogen-bond donors (Lipinski definition) is 1. The van der Waals surface area contributed by atoms with Crippen LogP contribution in [0.3, 0.4) is 0 Å². The molecule has 0 aliphatic carbocycles. The summed E-state index contributed by atoms with van der Waals surface area (Å²) in [5, 5.41) is 7.60. The number of allylic oxidation sites excluding steroid dienone is 2. The standard InChI is InChI=1S/C16H22O8.C3H4O2/c1-13(17)21-9-5-11-23-15(19)7-3-4-8-16(20)24-12-6-10-22-14(2)18;1-2-3(4)5/h3-4,7-8H,5-6,9-12H2,1-2H3;2H,1H2,(H,4,5)/b7-3-,8-4-;. The topological polar surface area (TPSA) is 142 Å². The number of carboxylic acids is 1. The summed E-state index contributed by atoms with van der Waals surface area (Å²) in [4.78, 5) is 52.8. The van der Waals surface area contributed by atoms with Crippen molar-refractivity contribution in [3.05, 3.63) is 37.0 Å². The molecule has 0 aromatic rings. The summed E-state index contributed by atoms with van der Waals surface area (Å²) in [6.45, 7) is 6.19. The fourth-order valence-electron chi connectivity index (χ4n) is 1.26. The predicted octanol–water partition coefficient (Wildman–Crippen LogP) is 1.35. The fraction of sp³-hybridized carbons (Fsp3) is 0.421. The smallest absolute Gasteiger partial charge is 0.330 e. The summed E-state index contributed by atoms with van der Waals surface area (Å²) in [7, 11) is 0. The van der Waals surface area contributed by atoms with Gasteiger partial charge in [0.15, 0.2) is 0 Å². The highest BCUT2D eigenvalue weighted by atomic mass is 16.6. The molecule has 0 fully saturated rings. The van der Waals surface area contributed by atoms with E-state index in [-0.39, 0.29) is 38.4 Å². The van der Waals surface area contributed by atoms with Gasteiger partial charge in [-0.2, -0.15) is 0 Å². The van der Waals surface area contributed by atoms with Gasteiger partial charge >= 0.3 is 29.8 Å². The quantitative estimate of drug-likeness (QED) is 0.163. The lowest BCUT2D eigenvalue weighted by Gasteiger charge is -2.02. The number of aliphatic carboxylic acids is 1. The second-order valence-electron chi connectivity index (χ2n) is 4.98. The van der Waals surface area contributed by atoms with E-state index < -0.39 is 17.9 Å². The van der Waals surface area contributed by atoms with Crippen molar-refractivity contribution in [1.82, 2.24) is 0 Å². The van der Waals surface area contributed by atoms with Crippen LogP contribution in [0.1, 0.15) is 26.7 Å². The van der Waals surface area contributed by atoms with Crippen LogP contribution in [-0.2, 0) is 42.9 Å². The number of esters is 4. The van der Waals surface area contributed by atoms with Crippen LogP contribution in [0, 0.1) is 0 Å². The molecule has 0 saturated heterocycles. The van der Waals surface area contributed by atoms with Gasteiger partial charge in [0.05, 0.1) is 26.4 Å². The van der Waals surface area contributed by atoms with Crippen molar-refractivity contribution in [2.75, 3.05) is 26.4 Å². The van der Waals surface area contributed by atoms with Crippen LogP contribution in [0.25, 0.3) is 0 Å². The first kappa shape index (κ1) is 27.8. The summed E-state index contributed by atoms with van der Waals surface area (Å²) < 4.78 is 19.0. The first-order valence-corrected chi connectivity index (χ1v) is 8.49. The van der Waals surface area contributed by atoms with E-state index in [1.54, 1.807) is 0 Å². The van der Waals surface area contributed by atoms with Gasteiger partial charge in [0, 0.05) is 44.9 Å². The Balaban J connectivity index is 0. The molecule has 0 amide bonds. The van der Waals surface area contributed by atoms with E-state index in [0.29, 0.717) is 12.8 Å². The fourth-order valence-corrected chi connectivity index (χ4v) is 1.26. The Morgan fingerprint density at radius 2 is 1.03 bits per heavy atom. The molecular weight excluding hydrogens is 388 g/mol. The number of ether oxygens (including phenoxy) is 4. The van der Waals surface area contributed by atoms with Crippen molar-refractivity contribution in [1.29, 1.82) is 0 Å². The molecule has 1 N–H and O–H groups in total. The maximum absolute atomic E-state index is 11.3. The number of carbonyl (C=O) groups excluding carboxylic acids is 4. The molecule has 0 unspecified atom stereocenters. The average molecular weight is 414 g/mol. The highest BCUT2D eigenvalue weighted by Gasteiger charge is 1.99. The molecule has 0 aliphatic heterocycles. The van der Waals surface area contributed by atoms with E-state index in [9.17, 15) is 24.0 Å². The minimum Gasteiger partial charge on any atom is -0.478 e. The van der Waals surface area contributed by atoms with Crippen LogP contribution in [0.2, 0.25) is 0 Å². The van der Waals surface area contributed by atoms with Gasteiger partial charge in [0.2, 0.25) is 0 Å². The summed E-state index contributed by atoms with van der Waals surface area (Å²) in [6.07, 6.45) is 6.64. The highest BCUT2D eigenvalue weighted by Crippen LogP contribution is 1.91. The molecule has 0 spiro atoms. The first-order valence-electron chi connectivity index (χ1n) is 8.49. The molecule has 0 aromatic carbocycles. The molecule has 10 nitrogen and oxygen atoms in total. The van der Waals surface area contributed by atoms with Gasteiger partial charge in [-0.25, -0.2) is 14.4 Å². The van der Waals surface area contributed by atoms with Crippen molar-refractivity contribution in [3.8, 4) is 0 Å². The Hall–Kier alpha value is -3.43. The molecule has 0 radical (unpaired) electrons. The zero-order valence-corrected chi connectivity index (χ0v) is 16.5. The van der Waals surface area contributed by atoms with Gasteiger partial charge in [-0.3, -0.25) is 9.59 Å². The Kier molecular flexibility index (Phi) is 18.5. The van der Waals surface area contributed by atoms with Gasteiger partial charge in [-0.15, -0.1) is 0 Å². The molecule has 10 heteroatoms. The normalized spacial score (nSPS) is 9.86. The second-order valence-corrected chi connectivity index (χ2v) is 4.98. The number of carboxylic acid groups (broad SMARTS) is 1. The number of carbonyl (C=O) groups is 5. The minimum absolute atomic E-state index is 0.130. The van der Waals surface area contributed by atoms with Crippen molar-refractivity contribution in [2.45, 2.75) is 26.7 Å². The zero-order chi connectivity index (χ0) is 22.5. The molecule has 29 heavy (non-hydrogen) atoms. The molecular formula is C19H26O10. The van der Waals surface area contributed by atoms with Crippen molar-refractivity contribution in [2.24, 2.45) is 0 Å². The van der Waals surface area contributed by atoms with Gasteiger partial charge in [0.1, 0.15) is 0 Å². The SMILES string of the molecule is C=CC(=O)O.CC(=O)OCCCOC(=O)/C=C\C=C/C(=O)OCCCOC(C)=O. The van der Waals surface area contributed by atoms with Crippen LogP contribution >= 0.6 is 0 Å². The van der Waals surface area contributed by atoms with E-state index >= 15 is 0 Å². The van der Waals surface area contributed by atoms with Crippen molar-refractivity contribution < 1.29 is 48.0 Å². The molecule has 162 valence electrons. The van der Waals surface area contributed by atoms with Crippen LogP contribution in [0.5, 0.6) is 0 Å². The minimum atomic E-state index is -0.981. The van der Waals surface area contributed by atoms with Crippen molar-refractivity contribution in [3.63, 3.8) is 0 Å². The maximum Gasteiger partial charge on any atom is 0.330 e. The van der Waals surface area contributed by atoms with Crippen LogP contribution in [0.15, 0.2) is 37.0 Å². The maximum atomic E-state index is 11.3. The second kappa shape index (κ2) is 19.3. The Labute approximate surface area is 168 Å². The van der Waals surface area contributed by atoms with Crippen molar-refractivity contribution >= 4 is 29.8 Å². The predicted molar refractivity (Wildman–Crippen MR) is 101 cm³/mol. The lowest BCUT2D eigenvalue weighted by molar-refractivity contribution is -0.144. The van der Waals surface area contributed by atoms with E-state index in [1.807, 2.05) is 0 Å². The third-order valence-corrected chi connectivity index (χ3v) is 2.43. The number of hydrogen-bond acceptors (Lipinski definition) is 9. The third kappa shape index (κ3) is 26.9. The Morgan fingerprint density at radius 3 is 1.31 bits per heavy atom. The summed E-state index contributed by atoms with van der Waals surface area (Å²) >= 11 is 0. The lowest BCUT2D eigenvalue weighted by atomic mass is 10.4. The van der Waals surface area contributed by atoms with Gasteiger partial charge in [-0.1, -0.05) is 18.7 Å². The molecule has 0 heterocycles. The largest absolute Gasteiger partial charge is 0.478 e. The van der Waals surface area contributed by atoms with Gasteiger partial charge < -0.3 is 24.1 Å². The van der Waals surface area contributed by atoms with E-state index in [0.717, 1.165) is 18.2 Å². The molecule has 0 aliphatic rings. The zero-order valence-electron chi connectivity index (χ0n) is 16.5. The summed E-state index contributed by atoms with van der Waals surface area (Å²) in [6, 6.07) is 0. The molecule has 0 saturated carbocycles. The lowest BCUT2D eigenvalue weighted by Crippen LogP contribution is -2.07. The monoisotopic (exact) mass is 414 g/mol. The summed E-state index contributed by atoms with van der Waals surface area (Å²) in [5.74, 6) is -2.89. The van der Waals surface area contributed by atoms with Crippen LogP contribution in [0.4, 0.5) is 0 Å². The Morgan fingerprint density at radius 1 is 0.724 bits per heavy atom. The molecule has 0 aromatic heterocycles. The van der Waals surface area contributed by atoms with Gasteiger partial charge in [-0.05, 0) is 0 Å². The van der Waals surface area contributed by atoms with E-state index in [2.05, 4.69) is 16.1 Å². The van der Waals surface area contributed by atoms with Crippen LogP contribution in [-0.4, -0.2) is 61.4 Å². The molecule has 0 atom stereocenters. The molecule has 0 bridgehead atoms. The van der Waals surface area contributed by atoms with E-state index in [4.69, 9.17) is 14.6 Å². The third-order valence-electron chi connectivity index (χ3n) is 2.43. The summed E-state index contributed by atoms with van der Waals surface area (Å²) in [5.41, 5.74) is 0. The van der Waals surface area contributed by atoms with E-state index in [1.165, 1.54) is 26.0 Å². The van der Waals surface area contributed by atoms with Gasteiger partial charge in [0.25, 0.3) is 0 Å².